The lowest BCUT2D eigenvalue weighted by molar-refractivity contribution is 0.117. The van der Waals surface area contributed by atoms with Crippen LogP contribution in [-0.4, -0.2) is 29.7 Å². The zero-order valence-electron chi connectivity index (χ0n) is 11.6. The van der Waals surface area contributed by atoms with Crippen LogP contribution in [0.4, 0.5) is 0 Å². The van der Waals surface area contributed by atoms with Gasteiger partial charge in [-0.1, -0.05) is 0 Å². The monoisotopic (exact) mass is 249 g/mol. The van der Waals surface area contributed by atoms with E-state index in [-0.39, 0.29) is 6.10 Å². The van der Waals surface area contributed by atoms with Gasteiger partial charge < -0.3 is 10.5 Å². The fourth-order valence-corrected chi connectivity index (χ4v) is 2.55. The van der Waals surface area contributed by atoms with Crippen molar-refractivity contribution < 1.29 is 4.74 Å². The van der Waals surface area contributed by atoms with Crippen molar-refractivity contribution in [1.29, 1.82) is 0 Å². The minimum absolute atomic E-state index is 0.169. The normalized spacial score (nSPS) is 20.6. The van der Waals surface area contributed by atoms with Crippen molar-refractivity contribution in [3.63, 3.8) is 0 Å². The van der Waals surface area contributed by atoms with Crippen LogP contribution in [0, 0.1) is 12.8 Å². The third-order valence-electron chi connectivity index (χ3n) is 3.83. The number of ether oxygens (including phenoxy) is 1. The van der Waals surface area contributed by atoms with Gasteiger partial charge in [-0.05, 0) is 51.1 Å². The lowest BCUT2D eigenvalue weighted by atomic mass is 9.86. The van der Waals surface area contributed by atoms with E-state index in [1.54, 1.807) is 7.11 Å². The molecule has 1 heterocycles. The summed E-state index contributed by atoms with van der Waals surface area (Å²) >= 11 is 0. The largest absolute Gasteiger partial charge is 0.381 e. The van der Waals surface area contributed by atoms with E-state index in [9.17, 15) is 0 Å². The quantitative estimate of drug-likeness (QED) is 0.877. The summed E-state index contributed by atoms with van der Waals surface area (Å²) in [4.78, 5) is 9.31. The predicted octanol–water partition coefficient (Wildman–Crippen LogP) is 1.43. The molecule has 4 heteroatoms. The molecule has 100 valence electrons. The summed E-state index contributed by atoms with van der Waals surface area (Å²) in [7, 11) is 1.72. The molecule has 0 bridgehead atoms. The summed E-state index contributed by atoms with van der Waals surface area (Å²) in [5, 5.41) is 0. The van der Waals surface area contributed by atoms with Gasteiger partial charge >= 0.3 is 0 Å². The SMILES string of the molecule is COC(C)Cc1nc(C)c2c(n1)CCC(CN)C2. The highest BCUT2D eigenvalue weighted by Crippen LogP contribution is 2.25. The molecule has 1 aromatic rings. The summed E-state index contributed by atoms with van der Waals surface area (Å²) in [6.45, 7) is 4.89. The van der Waals surface area contributed by atoms with Crippen LogP contribution < -0.4 is 5.73 Å². The molecule has 0 aliphatic heterocycles. The molecule has 2 N–H and O–H groups in total. The van der Waals surface area contributed by atoms with E-state index in [0.717, 1.165) is 43.7 Å². The molecule has 1 aliphatic carbocycles. The Bertz CT molecular complexity index is 420. The van der Waals surface area contributed by atoms with Crippen molar-refractivity contribution in [2.45, 2.75) is 45.6 Å². The molecule has 1 aromatic heterocycles. The Labute approximate surface area is 109 Å². The second kappa shape index (κ2) is 5.76. The Balaban J connectivity index is 2.22. The van der Waals surface area contributed by atoms with Gasteiger partial charge in [-0.15, -0.1) is 0 Å². The number of methoxy groups -OCH3 is 1. The molecule has 0 saturated heterocycles. The first-order valence-corrected chi connectivity index (χ1v) is 6.72. The van der Waals surface area contributed by atoms with Crippen LogP contribution in [0.25, 0.3) is 0 Å². The van der Waals surface area contributed by atoms with Crippen LogP contribution in [0.2, 0.25) is 0 Å². The molecule has 2 rings (SSSR count). The fraction of sp³-hybridized carbons (Fsp3) is 0.714. The first-order chi connectivity index (χ1) is 8.63. The van der Waals surface area contributed by atoms with Gasteiger partial charge in [0.15, 0.2) is 0 Å². The molecular formula is C14H23N3O. The number of hydrogen-bond acceptors (Lipinski definition) is 4. The van der Waals surface area contributed by atoms with E-state index < -0.39 is 0 Å². The molecule has 0 radical (unpaired) electrons. The lowest BCUT2D eigenvalue weighted by Crippen LogP contribution is -2.25. The smallest absolute Gasteiger partial charge is 0.131 e. The van der Waals surface area contributed by atoms with E-state index in [2.05, 4.69) is 11.9 Å². The minimum Gasteiger partial charge on any atom is -0.381 e. The fourth-order valence-electron chi connectivity index (χ4n) is 2.55. The summed E-state index contributed by atoms with van der Waals surface area (Å²) in [6, 6.07) is 0. The van der Waals surface area contributed by atoms with E-state index in [1.165, 1.54) is 11.3 Å². The summed E-state index contributed by atoms with van der Waals surface area (Å²) in [5.74, 6) is 1.51. The average molecular weight is 249 g/mol. The second-order valence-electron chi connectivity index (χ2n) is 5.25. The van der Waals surface area contributed by atoms with E-state index in [4.69, 9.17) is 15.5 Å². The van der Waals surface area contributed by atoms with Crippen LogP contribution in [0.1, 0.15) is 36.1 Å². The van der Waals surface area contributed by atoms with Crippen LogP contribution in [-0.2, 0) is 24.0 Å². The number of rotatable bonds is 4. The number of aromatic nitrogens is 2. The van der Waals surface area contributed by atoms with Crippen molar-refractivity contribution in [3.8, 4) is 0 Å². The van der Waals surface area contributed by atoms with Gasteiger partial charge in [0.2, 0.25) is 0 Å². The Morgan fingerprint density at radius 1 is 1.44 bits per heavy atom. The molecule has 2 unspecified atom stereocenters. The maximum Gasteiger partial charge on any atom is 0.131 e. The van der Waals surface area contributed by atoms with Crippen LogP contribution in [0.3, 0.4) is 0 Å². The van der Waals surface area contributed by atoms with E-state index in [1.807, 2.05) is 6.92 Å². The van der Waals surface area contributed by atoms with Gasteiger partial charge in [-0.25, -0.2) is 9.97 Å². The molecule has 18 heavy (non-hydrogen) atoms. The zero-order valence-corrected chi connectivity index (χ0v) is 11.6. The van der Waals surface area contributed by atoms with Crippen LogP contribution in [0.15, 0.2) is 0 Å². The maximum absolute atomic E-state index is 5.77. The van der Waals surface area contributed by atoms with Crippen molar-refractivity contribution >= 4 is 0 Å². The van der Waals surface area contributed by atoms with Crippen LogP contribution in [0.5, 0.6) is 0 Å². The highest BCUT2D eigenvalue weighted by atomic mass is 16.5. The third kappa shape index (κ3) is 2.87. The van der Waals surface area contributed by atoms with Gasteiger partial charge in [-0.3, -0.25) is 0 Å². The van der Waals surface area contributed by atoms with Gasteiger partial charge in [0, 0.05) is 24.9 Å². The van der Waals surface area contributed by atoms with Gasteiger partial charge in [-0.2, -0.15) is 0 Å². The van der Waals surface area contributed by atoms with Gasteiger partial charge in [0.25, 0.3) is 0 Å². The van der Waals surface area contributed by atoms with Crippen LogP contribution >= 0.6 is 0 Å². The maximum atomic E-state index is 5.77. The minimum atomic E-state index is 0.169. The first-order valence-electron chi connectivity index (χ1n) is 6.72. The molecular weight excluding hydrogens is 226 g/mol. The lowest BCUT2D eigenvalue weighted by Gasteiger charge is -2.24. The molecule has 0 amide bonds. The molecule has 4 nitrogen and oxygen atoms in total. The molecule has 0 aromatic carbocycles. The summed E-state index contributed by atoms with van der Waals surface area (Å²) in [6.07, 6.45) is 4.18. The second-order valence-corrected chi connectivity index (χ2v) is 5.25. The molecule has 0 fully saturated rings. The number of hydrogen-bond donors (Lipinski definition) is 1. The van der Waals surface area contributed by atoms with E-state index >= 15 is 0 Å². The number of aryl methyl sites for hydroxylation is 2. The first kappa shape index (κ1) is 13.4. The molecule has 1 aliphatic rings. The summed E-state index contributed by atoms with van der Waals surface area (Å²) < 4.78 is 5.28. The number of fused-ring (bicyclic) bond motifs is 1. The molecule has 0 spiro atoms. The molecule has 0 saturated carbocycles. The number of nitrogens with two attached hydrogens (primary N) is 1. The van der Waals surface area contributed by atoms with Crippen molar-refractivity contribution in [2.75, 3.05) is 13.7 Å². The standard InChI is InChI=1S/C14H23N3O/c1-9(18-3)6-14-16-10(2)12-7-11(8-15)4-5-13(12)17-14/h9,11H,4-8,15H2,1-3H3. The Morgan fingerprint density at radius 2 is 2.22 bits per heavy atom. The third-order valence-corrected chi connectivity index (χ3v) is 3.83. The topological polar surface area (TPSA) is 61.0 Å². The molecule has 2 atom stereocenters. The highest BCUT2D eigenvalue weighted by Gasteiger charge is 2.22. The van der Waals surface area contributed by atoms with E-state index in [0.29, 0.717) is 5.92 Å². The predicted molar refractivity (Wildman–Crippen MR) is 71.5 cm³/mol. The Kier molecular flexibility index (Phi) is 4.30. The summed E-state index contributed by atoms with van der Waals surface area (Å²) in [5.41, 5.74) is 9.44. The zero-order chi connectivity index (χ0) is 13.1. The Morgan fingerprint density at radius 3 is 2.89 bits per heavy atom. The Hall–Kier alpha value is -1.00. The van der Waals surface area contributed by atoms with Gasteiger partial charge in [0.1, 0.15) is 5.82 Å². The van der Waals surface area contributed by atoms with Crippen molar-refractivity contribution in [1.82, 2.24) is 9.97 Å². The van der Waals surface area contributed by atoms with Crippen molar-refractivity contribution in [3.05, 3.63) is 22.8 Å². The van der Waals surface area contributed by atoms with Gasteiger partial charge in [0.05, 0.1) is 6.10 Å². The highest BCUT2D eigenvalue weighted by molar-refractivity contribution is 5.28. The average Bonchev–Trinajstić information content (AvgIpc) is 2.38. The number of nitrogens with zero attached hydrogens (tertiary/aromatic N) is 2. The van der Waals surface area contributed by atoms with Crippen molar-refractivity contribution in [2.24, 2.45) is 11.7 Å².